The van der Waals surface area contributed by atoms with E-state index in [4.69, 9.17) is 5.73 Å². The number of amides is 3. The fourth-order valence-electron chi connectivity index (χ4n) is 3.67. The Balaban J connectivity index is 3.13. The fraction of sp³-hybridized carbons (Fsp3) is 0.615. The molecule has 0 fully saturated rings. The Hall–Kier alpha value is -2.94. The number of nitrogens with one attached hydrogen (secondary N) is 3. The summed E-state index contributed by atoms with van der Waals surface area (Å²) < 4.78 is 0. The molecule has 6 N–H and O–H groups in total. The first-order valence-corrected chi connectivity index (χ1v) is 12.3. The van der Waals surface area contributed by atoms with E-state index in [0.717, 1.165) is 5.56 Å². The second-order valence-electron chi connectivity index (χ2n) is 9.93. The van der Waals surface area contributed by atoms with Gasteiger partial charge in [0.2, 0.25) is 17.7 Å². The van der Waals surface area contributed by atoms with Crippen LogP contribution in [0, 0.1) is 17.8 Å². The van der Waals surface area contributed by atoms with Gasteiger partial charge in [-0.05, 0) is 29.7 Å². The molecule has 0 aromatic heterocycles. The van der Waals surface area contributed by atoms with Gasteiger partial charge in [0.1, 0.15) is 18.1 Å². The van der Waals surface area contributed by atoms with Crippen molar-refractivity contribution < 1.29 is 24.3 Å². The van der Waals surface area contributed by atoms with Crippen molar-refractivity contribution in [2.45, 2.75) is 85.0 Å². The summed E-state index contributed by atoms with van der Waals surface area (Å²) in [6, 6.07) is 5.45. The molecule has 5 unspecified atom stereocenters. The maximum Gasteiger partial charge on any atom is 0.326 e. The highest BCUT2D eigenvalue weighted by atomic mass is 16.4. The van der Waals surface area contributed by atoms with Crippen molar-refractivity contribution in [2.75, 3.05) is 0 Å². The molecule has 35 heavy (non-hydrogen) atoms. The minimum atomic E-state index is -1.14. The van der Waals surface area contributed by atoms with Crippen molar-refractivity contribution in [1.29, 1.82) is 0 Å². The lowest BCUT2D eigenvalue weighted by molar-refractivity contribution is -0.144. The fourth-order valence-corrected chi connectivity index (χ4v) is 3.67. The highest BCUT2D eigenvalue weighted by Crippen LogP contribution is 2.12. The summed E-state index contributed by atoms with van der Waals surface area (Å²) in [5.41, 5.74) is 6.86. The lowest BCUT2D eigenvalue weighted by Gasteiger charge is -2.29. The SMILES string of the molecule is CCC(C)C(NC(=O)C(Cc1ccccc1)NC(=O)C(N)CC(C)C)C(=O)NC(C(=O)O)C(C)C. The number of benzene rings is 1. The number of carbonyl (C=O) groups is 4. The molecule has 0 spiro atoms. The van der Waals surface area contributed by atoms with Crippen molar-refractivity contribution in [3.05, 3.63) is 35.9 Å². The molecule has 1 aromatic rings. The van der Waals surface area contributed by atoms with Crippen molar-refractivity contribution in [2.24, 2.45) is 23.5 Å². The van der Waals surface area contributed by atoms with Gasteiger partial charge in [0.15, 0.2) is 0 Å². The van der Waals surface area contributed by atoms with E-state index in [1.165, 1.54) is 0 Å². The van der Waals surface area contributed by atoms with Gasteiger partial charge in [-0.3, -0.25) is 14.4 Å². The summed E-state index contributed by atoms with van der Waals surface area (Å²) in [7, 11) is 0. The number of rotatable bonds is 14. The summed E-state index contributed by atoms with van der Waals surface area (Å²) in [6.07, 6.45) is 1.26. The van der Waals surface area contributed by atoms with Crippen LogP contribution in [-0.4, -0.2) is 53.0 Å². The predicted molar refractivity (Wildman–Crippen MR) is 135 cm³/mol. The lowest BCUT2D eigenvalue weighted by atomic mass is 9.95. The van der Waals surface area contributed by atoms with Gasteiger partial charge in [-0.2, -0.15) is 0 Å². The topological polar surface area (TPSA) is 151 Å². The van der Waals surface area contributed by atoms with Crippen molar-refractivity contribution in [3.8, 4) is 0 Å². The zero-order valence-electron chi connectivity index (χ0n) is 21.7. The van der Waals surface area contributed by atoms with E-state index in [1.54, 1.807) is 20.8 Å². The van der Waals surface area contributed by atoms with E-state index in [2.05, 4.69) is 16.0 Å². The number of aliphatic carboxylic acids is 1. The number of nitrogens with two attached hydrogens (primary N) is 1. The summed E-state index contributed by atoms with van der Waals surface area (Å²) >= 11 is 0. The molecule has 0 heterocycles. The largest absolute Gasteiger partial charge is 0.480 e. The third-order valence-electron chi connectivity index (χ3n) is 6.00. The molecular weight excluding hydrogens is 448 g/mol. The molecule has 1 aromatic carbocycles. The standard InChI is InChI=1S/C26H42N4O5/c1-7-17(6)22(25(33)29-21(16(4)5)26(34)35)30-24(32)20(14-18-11-9-8-10-12-18)28-23(31)19(27)13-15(2)3/h8-12,15-17,19-22H,7,13-14,27H2,1-6H3,(H,28,31)(H,29,33)(H,30,32)(H,34,35). The molecule has 3 amide bonds. The Morgan fingerprint density at radius 3 is 1.91 bits per heavy atom. The van der Waals surface area contributed by atoms with Crippen molar-refractivity contribution in [1.82, 2.24) is 16.0 Å². The van der Waals surface area contributed by atoms with Crippen LogP contribution in [-0.2, 0) is 25.6 Å². The molecule has 0 bridgehead atoms. The van der Waals surface area contributed by atoms with Gasteiger partial charge in [-0.15, -0.1) is 0 Å². The minimum Gasteiger partial charge on any atom is -0.480 e. The lowest BCUT2D eigenvalue weighted by Crippen LogP contribution is -2.59. The van der Waals surface area contributed by atoms with E-state index in [-0.39, 0.29) is 24.2 Å². The maximum absolute atomic E-state index is 13.4. The van der Waals surface area contributed by atoms with E-state index < -0.39 is 47.9 Å². The molecule has 5 atom stereocenters. The smallest absolute Gasteiger partial charge is 0.326 e. The van der Waals surface area contributed by atoms with Crippen LogP contribution in [0.2, 0.25) is 0 Å². The summed E-state index contributed by atoms with van der Waals surface area (Å²) in [4.78, 5) is 50.7. The van der Waals surface area contributed by atoms with Crippen LogP contribution in [0.25, 0.3) is 0 Å². The third kappa shape index (κ3) is 10.1. The van der Waals surface area contributed by atoms with Gasteiger partial charge in [-0.25, -0.2) is 4.79 Å². The first kappa shape index (κ1) is 30.1. The second-order valence-corrected chi connectivity index (χ2v) is 9.93. The normalized spacial score (nSPS) is 15.6. The molecule has 1 rings (SSSR count). The molecule has 9 nitrogen and oxygen atoms in total. The summed E-state index contributed by atoms with van der Waals surface area (Å²) in [6.45, 7) is 11.0. The van der Waals surface area contributed by atoms with E-state index in [1.807, 2.05) is 51.1 Å². The Morgan fingerprint density at radius 2 is 1.43 bits per heavy atom. The zero-order valence-corrected chi connectivity index (χ0v) is 21.7. The quantitative estimate of drug-likeness (QED) is 0.268. The number of carbonyl (C=O) groups excluding carboxylic acids is 3. The third-order valence-corrected chi connectivity index (χ3v) is 6.00. The predicted octanol–water partition coefficient (Wildman–Crippen LogP) is 1.84. The maximum atomic E-state index is 13.4. The first-order valence-electron chi connectivity index (χ1n) is 12.3. The van der Waals surface area contributed by atoms with Crippen LogP contribution in [0.4, 0.5) is 0 Å². The number of carboxylic acids is 1. The van der Waals surface area contributed by atoms with Gasteiger partial charge in [-0.1, -0.05) is 78.3 Å². The number of hydrogen-bond acceptors (Lipinski definition) is 5. The van der Waals surface area contributed by atoms with Gasteiger partial charge in [0.25, 0.3) is 0 Å². The van der Waals surface area contributed by atoms with E-state index in [9.17, 15) is 24.3 Å². The molecule has 0 aliphatic carbocycles. The summed E-state index contributed by atoms with van der Waals surface area (Å²) in [5.74, 6) is -3.08. The average Bonchev–Trinajstić information content (AvgIpc) is 2.79. The van der Waals surface area contributed by atoms with Crippen LogP contribution in [0.3, 0.4) is 0 Å². The highest BCUT2D eigenvalue weighted by molar-refractivity contribution is 5.94. The Labute approximate surface area is 208 Å². The molecule has 0 radical (unpaired) electrons. The van der Waals surface area contributed by atoms with Crippen molar-refractivity contribution >= 4 is 23.7 Å². The van der Waals surface area contributed by atoms with E-state index in [0.29, 0.717) is 12.8 Å². The van der Waals surface area contributed by atoms with Crippen LogP contribution in [0.15, 0.2) is 30.3 Å². The molecule has 0 aliphatic heterocycles. The zero-order chi connectivity index (χ0) is 26.7. The van der Waals surface area contributed by atoms with Crippen LogP contribution >= 0.6 is 0 Å². The minimum absolute atomic E-state index is 0.207. The molecule has 0 saturated heterocycles. The summed E-state index contributed by atoms with van der Waals surface area (Å²) in [5, 5.41) is 17.5. The molecule has 196 valence electrons. The molecule has 0 aliphatic rings. The average molecular weight is 491 g/mol. The number of hydrogen-bond donors (Lipinski definition) is 5. The van der Waals surface area contributed by atoms with Gasteiger partial charge in [0.05, 0.1) is 6.04 Å². The van der Waals surface area contributed by atoms with Gasteiger partial charge >= 0.3 is 5.97 Å². The monoisotopic (exact) mass is 490 g/mol. The van der Waals surface area contributed by atoms with Crippen LogP contribution in [0.5, 0.6) is 0 Å². The van der Waals surface area contributed by atoms with Gasteiger partial charge in [0, 0.05) is 6.42 Å². The Kier molecular flexibility index (Phi) is 12.4. The highest BCUT2D eigenvalue weighted by Gasteiger charge is 2.33. The Bertz CT molecular complexity index is 843. The van der Waals surface area contributed by atoms with Crippen LogP contribution < -0.4 is 21.7 Å². The second kappa shape index (κ2) is 14.5. The molecular formula is C26H42N4O5. The van der Waals surface area contributed by atoms with Gasteiger partial charge < -0.3 is 26.8 Å². The van der Waals surface area contributed by atoms with Crippen LogP contribution in [0.1, 0.15) is 59.9 Å². The molecule has 9 heteroatoms. The number of carboxylic acid groups (broad SMARTS) is 1. The van der Waals surface area contributed by atoms with E-state index >= 15 is 0 Å². The van der Waals surface area contributed by atoms with Crippen molar-refractivity contribution in [3.63, 3.8) is 0 Å². The first-order chi connectivity index (χ1) is 16.4. The molecule has 0 saturated carbocycles. The Morgan fingerprint density at radius 1 is 0.857 bits per heavy atom.